The Balaban J connectivity index is 1.53. The van der Waals surface area contributed by atoms with Crippen molar-refractivity contribution in [2.45, 2.75) is 36.0 Å². The highest BCUT2D eigenvalue weighted by Crippen LogP contribution is 2.44. The molecule has 0 amide bonds. The maximum absolute atomic E-state index is 12.7. The number of hydrogen-bond donors (Lipinski definition) is 0. The highest BCUT2D eigenvalue weighted by Gasteiger charge is 2.50. The largest absolute Gasteiger partial charge is 0.360 e. The van der Waals surface area contributed by atoms with Gasteiger partial charge >= 0.3 is 0 Å². The normalized spacial score (nSPS) is 30.4. The van der Waals surface area contributed by atoms with Crippen LogP contribution in [0.1, 0.15) is 34.8 Å². The minimum atomic E-state index is -0.259. The number of ketones is 1. The lowest BCUT2D eigenvalue weighted by Crippen LogP contribution is -2.53. The van der Waals surface area contributed by atoms with E-state index in [1.54, 1.807) is 0 Å². The van der Waals surface area contributed by atoms with E-state index in [2.05, 4.69) is 39.0 Å². The molecule has 2 heterocycles. The monoisotopic (exact) mass is 424 g/mol. The van der Waals surface area contributed by atoms with Crippen LogP contribution in [0.15, 0.2) is 60.7 Å². The van der Waals surface area contributed by atoms with Gasteiger partial charge in [-0.1, -0.05) is 76.6 Å². The fraction of sp³-hybridized carbons (Fsp3) is 0.364. The quantitative estimate of drug-likeness (QED) is 0.541. The molecule has 27 heavy (non-hydrogen) atoms. The lowest BCUT2D eigenvalue weighted by molar-refractivity contribution is -0.0247. The number of carbonyl (C=O) groups excluding carboxylic acids is 1. The van der Waals surface area contributed by atoms with E-state index in [-0.39, 0.29) is 34.8 Å². The molecule has 2 saturated heterocycles. The van der Waals surface area contributed by atoms with Gasteiger partial charge in [0.05, 0.1) is 23.5 Å². The third kappa shape index (κ3) is 3.58. The molecule has 138 valence electrons. The zero-order valence-electron chi connectivity index (χ0n) is 14.9. The summed E-state index contributed by atoms with van der Waals surface area (Å²) >= 11 is 3.79. The number of ether oxygens (including phenoxy) is 1. The number of benzene rings is 2. The van der Waals surface area contributed by atoms with Gasteiger partial charge in [-0.15, -0.1) is 0 Å². The van der Waals surface area contributed by atoms with Gasteiger partial charge in [0.2, 0.25) is 0 Å². The van der Waals surface area contributed by atoms with Crippen LogP contribution in [0, 0.1) is 17.2 Å². The maximum Gasteiger partial charge on any atom is 0.163 e. The molecule has 2 aromatic rings. The fourth-order valence-corrected chi connectivity index (χ4v) is 5.03. The molecule has 5 heteroatoms. The molecule has 0 saturated carbocycles. The molecular weight excluding hydrogens is 404 g/mol. The van der Waals surface area contributed by atoms with Gasteiger partial charge < -0.3 is 4.74 Å². The number of hydrogen-bond acceptors (Lipinski definition) is 4. The number of nitrogens with zero attached hydrogens (tertiary/aromatic N) is 2. The van der Waals surface area contributed by atoms with E-state index < -0.39 is 0 Å². The summed E-state index contributed by atoms with van der Waals surface area (Å²) in [5.41, 5.74) is 1.89. The van der Waals surface area contributed by atoms with Crippen molar-refractivity contribution < 1.29 is 9.53 Å². The zero-order valence-corrected chi connectivity index (χ0v) is 16.5. The number of piperidine rings is 1. The first kappa shape index (κ1) is 18.4. The van der Waals surface area contributed by atoms with E-state index >= 15 is 0 Å². The average Bonchev–Trinajstić information content (AvgIpc) is 3.17. The topological polar surface area (TPSA) is 53.3 Å². The third-order valence-electron chi connectivity index (χ3n) is 5.56. The predicted octanol–water partition coefficient (Wildman–Crippen LogP) is 4.33. The van der Waals surface area contributed by atoms with Gasteiger partial charge in [-0.3, -0.25) is 9.69 Å². The van der Waals surface area contributed by atoms with Crippen LogP contribution in [0.25, 0.3) is 0 Å². The SMILES string of the molecule is N#C[C@@H]1CC(CC(=O)c2ccccc2)C(Br)C2OC[C@@H](c3ccccc3)N21. The molecule has 0 spiro atoms. The maximum atomic E-state index is 12.7. The van der Waals surface area contributed by atoms with Gasteiger partial charge in [0.1, 0.15) is 12.3 Å². The van der Waals surface area contributed by atoms with Crippen LogP contribution < -0.4 is 0 Å². The standard InChI is InChI=1S/C22H21BrN2O2/c23-21-17(12-20(26)16-9-5-2-6-10-16)11-18(13-24)25-19(14-27-22(21)25)15-7-3-1-4-8-15/h1-10,17-19,21-22H,11-12,14H2/t17?,18-,19-,21?,22?/m0/s1. The average molecular weight is 425 g/mol. The fourth-order valence-electron chi connectivity index (χ4n) is 4.20. The molecular formula is C22H21BrN2O2. The molecule has 0 N–H and O–H groups in total. The van der Waals surface area contributed by atoms with E-state index in [1.165, 1.54) is 5.56 Å². The highest BCUT2D eigenvalue weighted by atomic mass is 79.9. The van der Waals surface area contributed by atoms with E-state index in [1.807, 2.05) is 48.5 Å². The molecule has 2 aromatic carbocycles. The van der Waals surface area contributed by atoms with Crippen LogP contribution in [0.2, 0.25) is 0 Å². The molecule has 3 unspecified atom stereocenters. The summed E-state index contributed by atoms with van der Waals surface area (Å²) in [6.45, 7) is 0.564. The van der Waals surface area contributed by atoms with Crippen LogP contribution in [0.4, 0.5) is 0 Å². The van der Waals surface area contributed by atoms with Gasteiger partial charge in [0, 0.05) is 12.0 Å². The third-order valence-corrected chi connectivity index (χ3v) is 6.76. The molecule has 0 aromatic heterocycles. The molecule has 2 fully saturated rings. The van der Waals surface area contributed by atoms with Crippen molar-refractivity contribution in [2.24, 2.45) is 5.92 Å². The Morgan fingerprint density at radius 2 is 1.81 bits per heavy atom. The van der Waals surface area contributed by atoms with Crippen molar-refractivity contribution in [3.8, 4) is 6.07 Å². The first-order valence-electron chi connectivity index (χ1n) is 9.25. The van der Waals surface area contributed by atoms with Gasteiger partial charge in [-0.05, 0) is 17.9 Å². The van der Waals surface area contributed by atoms with Crippen LogP contribution in [-0.4, -0.2) is 34.4 Å². The van der Waals surface area contributed by atoms with Crippen molar-refractivity contribution in [3.63, 3.8) is 0 Å². The Morgan fingerprint density at radius 1 is 1.15 bits per heavy atom. The predicted molar refractivity (Wildman–Crippen MR) is 106 cm³/mol. The lowest BCUT2D eigenvalue weighted by atomic mass is 9.84. The number of alkyl halides is 1. The Bertz CT molecular complexity index is 836. The minimum absolute atomic E-state index is 0.0171. The molecule has 5 atom stereocenters. The number of Topliss-reactive ketones (excluding diaryl/α,β-unsaturated/α-hetero) is 1. The number of carbonyl (C=O) groups is 1. The lowest BCUT2D eigenvalue weighted by Gasteiger charge is -2.43. The summed E-state index contributed by atoms with van der Waals surface area (Å²) < 4.78 is 6.10. The van der Waals surface area contributed by atoms with Crippen molar-refractivity contribution in [1.29, 1.82) is 5.26 Å². The van der Waals surface area contributed by atoms with Gasteiger partial charge in [0.25, 0.3) is 0 Å². The molecule has 2 aliphatic heterocycles. The first-order chi connectivity index (χ1) is 13.2. The van der Waals surface area contributed by atoms with Crippen LogP contribution in [0.3, 0.4) is 0 Å². The summed E-state index contributed by atoms with van der Waals surface area (Å²) in [5.74, 6) is 0.186. The number of nitriles is 1. The zero-order chi connectivity index (χ0) is 18.8. The molecule has 0 bridgehead atoms. The van der Waals surface area contributed by atoms with Gasteiger partial charge in [-0.2, -0.15) is 5.26 Å². The number of halogens is 1. The second-order valence-corrected chi connectivity index (χ2v) is 8.23. The summed E-state index contributed by atoms with van der Waals surface area (Å²) in [4.78, 5) is 14.9. The van der Waals surface area contributed by atoms with Crippen molar-refractivity contribution in [3.05, 3.63) is 71.8 Å². The highest BCUT2D eigenvalue weighted by molar-refractivity contribution is 9.09. The summed E-state index contributed by atoms with van der Waals surface area (Å²) in [6, 6.07) is 21.8. The Morgan fingerprint density at radius 3 is 2.48 bits per heavy atom. The first-order valence-corrected chi connectivity index (χ1v) is 10.2. The van der Waals surface area contributed by atoms with Gasteiger partial charge in [0.15, 0.2) is 5.78 Å². The van der Waals surface area contributed by atoms with E-state index in [0.717, 1.165) is 5.56 Å². The molecule has 4 rings (SSSR count). The summed E-state index contributed by atoms with van der Waals surface area (Å²) in [6.07, 6.45) is 0.887. The van der Waals surface area contributed by atoms with Gasteiger partial charge in [-0.25, -0.2) is 0 Å². The van der Waals surface area contributed by atoms with Crippen LogP contribution in [-0.2, 0) is 4.74 Å². The minimum Gasteiger partial charge on any atom is -0.360 e. The second kappa shape index (κ2) is 7.93. The van der Waals surface area contributed by atoms with Crippen LogP contribution in [0.5, 0.6) is 0 Å². The van der Waals surface area contributed by atoms with E-state index in [4.69, 9.17) is 4.74 Å². The molecule has 0 radical (unpaired) electrons. The molecule has 0 aliphatic carbocycles. The molecule has 4 nitrogen and oxygen atoms in total. The van der Waals surface area contributed by atoms with Crippen molar-refractivity contribution in [1.82, 2.24) is 4.90 Å². The second-order valence-electron chi connectivity index (χ2n) is 7.18. The Kier molecular flexibility index (Phi) is 5.40. The Labute approximate surface area is 167 Å². The van der Waals surface area contributed by atoms with Crippen LogP contribution >= 0.6 is 15.9 Å². The smallest absolute Gasteiger partial charge is 0.163 e. The van der Waals surface area contributed by atoms with Crippen molar-refractivity contribution in [2.75, 3.05) is 6.61 Å². The van der Waals surface area contributed by atoms with E-state index in [9.17, 15) is 10.1 Å². The number of rotatable bonds is 4. The molecule has 2 aliphatic rings. The summed E-state index contributed by atoms with van der Waals surface area (Å²) in [7, 11) is 0. The van der Waals surface area contributed by atoms with E-state index in [0.29, 0.717) is 19.4 Å². The number of fused-ring (bicyclic) bond motifs is 1. The Hall–Kier alpha value is -2.00. The summed E-state index contributed by atoms with van der Waals surface area (Å²) in [5, 5.41) is 9.81. The van der Waals surface area contributed by atoms with Crippen molar-refractivity contribution >= 4 is 21.7 Å².